The van der Waals surface area contributed by atoms with Gasteiger partial charge in [0.05, 0.1) is 6.10 Å². The molecule has 7 nitrogen and oxygen atoms in total. The molecule has 0 bridgehead atoms. The number of aromatic nitrogens is 2. The van der Waals surface area contributed by atoms with Crippen molar-refractivity contribution < 1.29 is 9.53 Å². The van der Waals surface area contributed by atoms with Crippen molar-refractivity contribution in [1.82, 2.24) is 15.3 Å². The van der Waals surface area contributed by atoms with Crippen molar-refractivity contribution in [2.75, 3.05) is 36.5 Å². The molecule has 7 heteroatoms. The first-order chi connectivity index (χ1) is 13.8. The molecule has 2 aliphatic rings. The zero-order valence-corrected chi connectivity index (χ0v) is 16.1. The number of benzene rings is 1. The molecule has 0 radical (unpaired) electrons. The second-order valence-corrected chi connectivity index (χ2v) is 7.35. The number of rotatable bonds is 7. The third kappa shape index (κ3) is 4.78. The first kappa shape index (κ1) is 18.7. The topological polar surface area (TPSA) is 79.4 Å². The summed E-state index contributed by atoms with van der Waals surface area (Å²) in [5.74, 6) is 1.71. The first-order valence-corrected chi connectivity index (χ1v) is 10.1. The molecule has 28 heavy (non-hydrogen) atoms. The maximum atomic E-state index is 12.4. The Kier molecular flexibility index (Phi) is 6.01. The second kappa shape index (κ2) is 9.01. The fourth-order valence-corrected chi connectivity index (χ4v) is 3.69. The number of carbonyl (C=O) groups excluding carboxylic acids is 1. The predicted octanol–water partition coefficient (Wildman–Crippen LogP) is 2.60. The Morgan fingerprint density at radius 1 is 1.18 bits per heavy atom. The maximum absolute atomic E-state index is 12.4. The van der Waals surface area contributed by atoms with Crippen LogP contribution in [0.4, 0.5) is 11.6 Å². The molecule has 3 heterocycles. The number of nitrogens with one attached hydrogen (secondary N) is 2. The van der Waals surface area contributed by atoms with Crippen molar-refractivity contribution in [3.63, 3.8) is 0 Å². The van der Waals surface area contributed by atoms with E-state index in [4.69, 9.17) is 4.74 Å². The molecule has 1 aromatic carbocycles. The first-order valence-electron chi connectivity index (χ1n) is 10.1. The third-order valence-corrected chi connectivity index (χ3v) is 5.26. The summed E-state index contributed by atoms with van der Waals surface area (Å²) in [4.78, 5) is 23.4. The number of carbonyl (C=O) groups is 1. The summed E-state index contributed by atoms with van der Waals surface area (Å²) in [5.41, 5.74) is 1.70. The monoisotopic (exact) mass is 381 g/mol. The minimum atomic E-state index is -0.0595. The van der Waals surface area contributed by atoms with E-state index in [2.05, 4.69) is 25.5 Å². The Morgan fingerprint density at radius 2 is 2.07 bits per heavy atom. The normalized spacial score (nSPS) is 19.0. The number of hydrogen-bond donors (Lipinski definition) is 2. The summed E-state index contributed by atoms with van der Waals surface area (Å²) in [6.07, 6.45) is 6.28. The Bertz CT molecular complexity index is 801. The van der Waals surface area contributed by atoms with Crippen molar-refractivity contribution in [2.24, 2.45) is 0 Å². The quantitative estimate of drug-likeness (QED) is 0.768. The van der Waals surface area contributed by atoms with Gasteiger partial charge in [-0.1, -0.05) is 12.1 Å². The summed E-state index contributed by atoms with van der Waals surface area (Å²) in [6, 6.07) is 9.66. The summed E-state index contributed by atoms with van der Waals surface area (Å²) < 4.78 is 5.56. The molecule has 2 saturated heterocycles. The van der Waals surface area contributed by atoms with Crippen LogP contribution in [0.3, 0.4) is 0 Å². The van der Waals surface area contributed by atoms with E-state index in [1.165, 1.54) is 12.8 Å². The summed E-state index contributed by atoms with van der Waals surface area (Å²) in [7, 11) is 0. The molecule has 0 spiro atoms. The van der Waals surface area contributed by atoms with Crippen molar-refractivity contribution in [1.29, 1.82) is 0 Å². The highest BCUT2D eigenvalue weighted by molar-refractivity contribution is 5.94. The van der Waals surface area contributed by atoms with Gasteiger partial charge in [-0.05, 0) is 43.4 Å². The summed E-state index contributed by atoms with van der Waals surface area (Å²) in [5, 5.41) is 6.31. The van der Waals surface area contributed by atoms with Crippen molar-refractivity contribution >= 4 is 17.5 Å². The summed E-state index contributed by atoms with van der Waals surface area (Å²) >= 11 is 0. The molecule has 0 aliphatic carbocycles. The SMILES string of the molecule is O=C(NCC1CCCO1)c1cccc(CNc2cc(N3CCCC3)ncn2)c1. The van der Waals surface area contributed by atoms with Gasteiger partial charge in [0.2, 0.25) is 0 Å². The highest BCUT2D eigenvalue weighted by atomic mass is 16.5. The lowest BCUT2D eigenvalue weighted by atomic mass is 10.1. The van der Waals surface area contributed by atoms with Gasteiger partial charge < -0.3 is 20.3 Å². The van der Waals surface area contributed by atoms with Crippen molar-refractivity contribution in [2.45, 2.75) is 38.3 Å². The minimum absolute atomic E-state index is 0.0595. The predicted molar refractivity (Wildman–Crippen MR) is 109 cm³/mol. The molecule has 1 amide bonds. The molecule has 1 atom stereocenters. The van der Waals surface area contributed by atoms with Gasteiger partial charge in [-0.25, -0.2) is 9.97 Å². The maximum Gasteiger partial charge on any atom is 0.251 e. The van der Waals surface area contributed by atoms with Gasteiger partial charge in [0.15, 0.2) is 0 Å². The van der Waals surface area contributed by atoms with E-state index in [9.17, 15) is 4.79 Å². The molecule has 2 fully saturated rings. The molecule has 4 rings (SSSR count). The van der Waals surface area contributed by atoms with Crippen LogP contribution in [0.15, 0.2) is 36.7 Å². The van der Waals surface area contributed by atoms with Gasteiger partial charge in [0, 0.05) is 44.4 Å². The van der Waals surface area contributed by atoms with E-state index in [1.807, 2.05) is 30.3 Å². The smallest absolute Gasteiger partial charge is 0.251 e. The minimum Gasteiger partial charge on any atom is -0.376 e. The highest BCUT2D eigenvalue weighted by Crippen LogP contribution is 2.19. The highest BCUT2D eigenvalue weighted by Gasteiger charge is 2.17. The fraction of sp³-hybridized carbons (Fsp3) is 0.476. The molecular formula is C21H27N5O2. The van der Waals surface area contributed by atoms with Gasteiger partial charge in [-0.15, -0.1) is 0 Å². The third-order valence-electron chi connectivity index (χ3n) is 5.26. The van der Waals surface area contributed by atoms with Crippen molar-refractivity contribution in [3.8, 4) is 0 Å². The average Bonchev–Trinajstić information content (AvgIpc) is 3.45. The Balaban J connectivity index is 1.33. The van der Waals surface area contributed by atoms with Crippen LogP contribution in [0.2, 0.25) is 0 Å². The number of nitrogens with zero attached hydrogens (tertiary/aromatic N) is 3. The lowest BCUT2D eigenvalue weighted by Crippen LogP contribution is -2.31. The van der Waals surface area contributed by atoms with Gasteiger partial charge >= 0.3 is 0 Å². The van der Waals surface area contributed by atoms with Crippen LogP contribution in [0.5, 0.6) is 0 Å². The van der Waals surface area contributed by atoms with Crippen LogP contribution < -0.4 is 15.5 Å². The largest absolute Gasteiger partial charge is 0.376 e. The zero-order valence-electron chi connectivity index (χ0n) is 16.1. The lowest BCUT2D eigenvalue weighted by Gasteiger charge is -2.16. The Morgan fingerprint density at radius 3 is 2.89 bits per heavy atom. The molecule has 2 aliphatic heterocycles. The van der Waals surface area contributed by atoms with Gasteiger partial charge in [0.25, 0.3) is 5.91 Å². The Labute approximate surface area is 165 Å². The zero-order chi connectivity index (χ0) is 19.2. The van der Waals surface area contributed by atoms with E-state index in [0.717, 1.165) is 49.7 Å². The van der Waals surface area contributed by atoms with Gasteiger partial charge in [-0.2, -0.15) is 0 Å². The number of anilines is 2. The van der Waals surface area contributed by atoms with Crippen LogP contribution >= 0.6 is 0 Å². The van der Waals surface area contributed by atoms with Crippen molar-refractivity contribution in [3.05, 3.63) is 47.8 Å². The number of hydrogen-bond acceptors (Lipinski definition) is 6. The van der Waals surface area contributed by atoms with E-state index < -0.39 is 0 Å². The van der Waals surface area contributed by atoms with E-state index >= 15 is 0 Å². The van der Waals surface area contributed by atoms with E-state index in [-0.39, 0.29) is 12.0 Å². The molecule has 1 aromatic heterocycles. The van der Waals surface area contributed by atoms with E-state index in [1.54, 1.807) is 6.33 Å². The van der Waals surface area contributed by atoms with Gasteiger partial charge in [0.1, 0.15) is 18.0 Å². The fourth-order valence-electron chi connectivity index (χ4n) is 3.69. The van der Waals surface area contributed by atoms with Gasteiger partial charge in [-0.3, -0.25) is 4.79 Å². The average molecular weight is 381 g/mol. The molecule has 2 aromatic rings. The van der Waals surface area contributed by atoms with Crippen LogP contribution in [0.1, 0.15) is 41.6 Å². The lowest BCUT2D eigenvalue weighted by molar-refractivity contribution is 0.0857. The molecular weight excluding hydrogens is 354 g/mol. The number of amides is 1. The van der Waals surface area contributed by atoms with Crippen LogP contribution in [0, 0.1) is 0 Å². The van der Waals surface area contributed by atoms with Crippen LogP contribution in [-0.2, 0) is 11.3 Å². The molecule has 0 saturated carbocycles. The molecule has 148 valence electrons. The van der Waals surface area contributed by atoms with E-state index in [0.29, 0.717) is 18.7 Å². The van der Waals surface area contributed by atoms with Crippen LogP contribution in [0.25, 0.3) is 0 Å². The molecule has 1 unspecified atom stereocenters. The standard InChI is InChI=1S/C21H27N5O2/c27-21(23-14-18-7-4-10-28-18)17-6-3-5-16(11-17)13-22-19-12-20(25-15-24-19)26-8-1-2-9-26/h3,5-6,11-12,15,18H,1-2,4,7-10,13-14H2,(H,23,27)(H,22,24,25). The Hall–Kier alpha value is -2.67. The summed E-state index contributed by atoms with van der Waals surface area (Å²) in [6.45, 7) is 4.08. The molecule has 2 N–H and O–H groups in total. The second-order valence-electron chi connectivity index (χ2n) is 7.35. The number of ether oxygens (including phenoxy) is 1. The van der Waals surface area contributed by atoms with Crippen LogP contribution in [-0.4, -0.2) is 48.2 Å².